The molecule has 2 N–H and O–H groups in total. The van der Waals surface area contributed by atoms with Crippen molar-refractivity contribution in [1.82, 2.24) is 15.0 Å². The van der Waals surface area contributed by atoms with Crippen LogP contribution in [0.2, 0.25) is 0 Å². The van der Waals surface area contributed by atoms with Crippen molar-refractivity contribution in [1.29, 1.82) is 0 Å². The molecule has 4 rings (SSSR count). The summed E-state index contributed by atoms with van der Waals surface area (Å²) in [7, 11) is 0. The number of nitrogens with zero attached hydrogens (tertiary/aromatic N) is 2. The van der Waals surface area contributed by atoms with Gasteiger partial charge in [0.2, 0.25) is 5.91 Å². The van der Waals surface area contributed by atoms with E-state index < -0.39 is 0 Å². The third kappa shape index (κ3) is 4.29. The number of thioether (sulfide) groups is 1. The molecule has 0 saturated carbocycles. The molecular weight excluding hydrogens is 392 g/mol. The Morgan fingerprint density at radius 2 is 2.00 bits per heavy atom. The summed E-state index contributed by atoms with van der Waals surface area (Å²) in [6.07, 6.45) is 0. The van der Waals surface area contributed by atoms with E-state index in [0.717, 1.165) is 20.1 Å². The maximum absolute atomic E-state index is 12.3. The monoisotopic (exact) mass is 408 g/mol. The van der Waals surface area contributed by atoms with Crippen molar-refractivity contribution >= 4 is 44.9 Å². The highest BCUT2D eigenvalue weighted by Gasteiger charge is 2.09. The Labute approximate surface area is 169 Å². The second kappa shape index (κ2) is 7.95. The van der Waals surface area contributed by atoms with Gasteiger partial charge in [0.25, 0.3) is 5.56 Å². The van der Waals surface area contributed by atoms with E-state index in [0.29, 0.717) is 17.2 Å². The van der Waals surface area contributed by atoms with Crippen molar-refractivity contribution in [2.45, 2.75) is 11.3 Å². The number of aromatic nitrogens is 3. The summed E-state index contributed by atoms with van der Waals surface area (Å²) in [6.45, 7) is 1.77. The van der Waals surface area contributed by atoms with Crippen LogP contribution in [-0.2, 0) is 4.79 Å². The molecule has 28 heavy (non-hydrogen) atoms. The van der Waals surface area contributed by atoms with Crippen LogP contribution in [0.5, 0.6) is 0 Å². The van der Waals surface area contributed by atoms with Crippen molar-refractivity contribution in [3.63, 3.8) is 0 Å². The molecule has 0 spiro atoms. The van der Waals surface area contributed by atoms with E-state index in [9.17, 15) is 9.59 Å². The molecule has 1 amide bonds. The number of anilines is 1. The Morgan fingerprint density at radius 1 is 1.14 bits per heavy atom. The number of thiazole rings is 1. The number of H-pyrrole nitrogens is 1. The summed E-state index contributed by atoms with van der Waals surface area (Å²) < 4.78 is 1.98. The predicted octanol–water partition coefficient (Wildman–Crippen LogP) is 4.09. The molecule has 0 radical (unpaired) electrons. The van der Waals surface area contributed by atoms with Crippen molar-refractivity contribution in [3.8, 4) is 11.4 Å². The summed E-state index contributed by atoms with van der Waals surface area (Å²) in [5.41, 5.74) is 2.77. The molecule has 0 atom stereocenters. The molecule has 0 aliphatic heterocycles. The Kier molecular flexibility index (Phi) is 5.23. The number of benzene rings is 2. The van der Waals surface area contributed by atoms with Gasteiger partial charge < -0.3 is 10.3 Å². The van der Waals surface area contributed by atoms with E-state index in [-0.39, 0.29) is 17.2 Å². The normalized spacial score (nSPS) is 10.9. The average molecular weight is 409 g/mol. The van der Waals surface area contributed by atoms with Gasteiger partial charge in [0.1, 0.15) is 5.82 Å². The van der Waals surface area contributed by atoms with Crippen LogP contribution in [0.15, 0.2) is 63.7 Å². The number of nitrogens with one attached hydrogen (secondary N) is 2. The molecule has 2 heterocycles. The van der Waals surface area contributed by atoms with Gasteiger partial charge in [-0.05, 0) is 31.2 Å². The first-order valence-electron chi connectivity index (χ1n) is 8.53. The van der Waals surface area contributed by atoms with Gasteiger partial charge >= 0.3 is 0 Å². The minimum atomic E-state index is -0.204. The van der Waals surface area contributed by atoms with Crippen molar-refractivity contribution < 1.29 is 4.79 Å². The van der Waals surface area contributed by atoms with Gasteiger partial charge in [0, 0.05) is 23.0 Å². The van der Waals surface area contributed by atoms with Crippen LogP contribution in [0.3, 0.4) is 0 Å². The number of carbonyl (C=O) groups excluding carboxylic acids is 1. The Morgan fingerprint density at radius 3 is 2.82 bits per heavy atom. The molecular formula is C20H16N4O2S2. The topological polar surface area (TPSA) is 87.7 Å². The fraction of sp³-hybridized carbons (Fsp3) is 0.100. The fourth-order valence-corrected chi connectivity index (χ4v) is 4.57. The first-order chi connectivity index (χ1) is 13.6. The molecule has 140 valence electrons. The average Bonchev–Trinajstić information content (AvgIpc) is 3.09. The number of para-hydroxylation sites is 1. The van der Waals surface area contributed by atoms with Crippen molar-refractivity contribution in [3.05, 3.63) is 70.6 Å². The number of amides is 1. The zero-order chi connectivity index (χ0) is 19.5. The minimum Gasteiger partial charge on any atom is -0.325 e. The maximum atomic E-state index is 12.3. The molecule has 6 nitrogen and oxygen atoms in total. The molecule has 4 aromatic rings. The van der Waals surface area contributed by atoms with Crippen molar-refractivity contribution in [2.24, 2.45) is 0 Å². The van der Waals surface area contributed by atoms with E-state index >= 15 is 0 Å². The predicted molar refractivity (Wildman–Crippen MR) is 114 cm³/mol. The van der Waals surface area contributed by atoms with Gasteiger partial charge in [-0.1, -0.05) is 36.0 Å². The fourth-order valence-electron chi connectivity index (χ4n) is 2.70. The van der Waals surface area contributed by atoms with Gasteiger partial charge in [0.15, 0.2) is 4.34 Å². The van der Waals surface area contributed by atoms with E-state index in [1.165, 1.54) is 17.8 Å². The minimum absolute atomic E-state index is 0.118. The van der Waals surface area contributed by atoms with Crippen LogP contribution in [0.4, 0.5) is 5.69 Å². The molecule has 0 saturated heterocycles. The quantitative estimate of drug-likeness (QED) is 0.486. The van der Waals surface area contributed by atoms with Gasteiger partial charge in [-0.25, -0.2) is 9.97 Å². The largest absolute Gasteiger partial charge is 0.325 e. The molecule has 0 bridgehead atoms. The van der Waals surface area contributed by atoms with Crippen LogP contribution in [-0.4, -0.2) is 26.6 Å². The lowest BCUT2D eigenvalue weighted by molar-refractivity contribution is -0.113. The molecule has 0 unspecified atom stereocenters. The van der Waals surface area contributed by atoms with E-state index in [1.807, 2.05) is 36.4 Å². The summed E-state index contributed by atoms with van der Waals surface area (Å²) in [5.74, 6) is 0.626. The van der Waals surface area contributed by atoms with Crippen LogP contribution >= 0.6 is 23.1 Å². The number of aromatic amines is 1. The van der Waals surface area contributed by atoms with E-state index in [2.05, 4.69) is 20.3 Å². The molecule has 0 aliphatic carbocycles. The number of hydrogen-bond donors (Lipinski definition) is 2. The number of rotatable bonds is 5. The number of hydrogen-bond acceptors (Lipinski definition) is 6. The van der Waals surface area contributed by atoms with E-state index in [1.54, 1.807) is 30.4 Å². The smallest absolute Gasteiger partial charge is 0.251 e. The number of aryl methyl sites for hydroxylation is 1. The summed E-state index contributed by atoms with van der Waals surface area (Å²) in [5, 5.41) is 2.88. The second-order valence-corrected chi connectivity index (χ2v) is 8.35. The zero-order valence-electron chi connectivity index (χ0n) is 14.9. The molecule has 8 heteroatoms. The first-order valence-corrected chi connectivity index (χ1v) is 10.3. The van der Waals surface area contributed by atoms with Gasteiger partial charge in [0.05, 0.1) is 16.0 Å². The van der Waals surface area contributed by atoms with E-state index in [4.69, 9.17) is 0 Å². The van der Waals surface area contributed by atoms with Gasteiger partial charge in [-0.15, -0.1) is 11.3 Å². The third-order valence-electron chi connectivity index (χ3n) is 3.89. The molecule has 2 aromatic carbocycles. The third-order valence-corrected chi connectivity index (χ3v) is 6.07. The first kappa shape index (κ1) is 18.4. The number of fused-ring (bicyclic) bond motifs is 1. The highest BCUT2D eigenvalue weighted by Crippen LogP contribution is 2.29. The highest BCUT2D eigenvalue weighted by molar-refractivity contribution is 8.01. The summed E-state index contributed by atoms with van der Waals surface area (Å²) in [4.78, 5) is 35.6. The van der Waals surface area contributed by atoms with Crippen molar-refractivity contribution in [2.75, 3.05) is 11.1 Å². The van der Waals surface area contributed by atoms with Crippen LogP contribution in [0, 0.1) is 6.92 Å². The maximum Gasteiger partial charge on any atom is 0.251 e. The van der Waals surface area contributed by atoms with Crippen LogP contribution in [0.25, 0.3) is 21.6 Å². The highest BCUT2D eigenvalue weighted by atomic mass is 32.2. The second-order valence-electron chi connectivity index (χ2n) is 6.10. The number of carbonyl (C=O) groups is 1. The lowest BCUT2D eigenvalue weighted by Gasteiger charge is -2.07. The zero-order valence-corrected chi connectivity index (χ0v) is 16.6. The Hall–Kier alpha value is -2.97. The lowest BCUT2D eigenvalue weighted by Crippen LogP contribution is -2.14. The summed E-state index contributed by atoms with van der Waals surface area (Å²) >= 11 is 2.99. The molecule has 0 fully saturated rings. The van der Waals surface area contributed by atoms with Gasteiger partial charge in [-0.3, -0.25) is 9.59 Å². The standard InChI is InChI=1S/C20H16N4O2S2/c1-12-9-17(25)24-19(21-12)13-5-4-6-14(10-13)22-18(26)11-27-20-23-15-7-2-3-8-16(15)28-20/h2-10H,11H2,1H3,(H,22,26)(H,21,24,25). The SMILES string of the molecule is Cc1cc(=O)[nH]c(-c2cccc(NC(=O)CSc3nc4ccccc4s3)c2)n1. The molecule has 2 aromatic heterocycles. The summed E-state index contributed by atoms with van der Waals surface area (Å²) in [6, 6.07) is 16.6. The van der Waals surface area contributed by atoms with Gasteiger partial charge in [-0.2, -0.15) is 0 Å². The van der Waals surface area contributed by atoms with Crippen LogP contribution in [0.1, 0.15) is 5.69 Å². The molecule has 0 aliphatic rings. The lowest BCUT2D eigenvalue weighted by atomic mass is 10.2. The Balaban J connectivity index is 1.43. The van der Waals surface area contributed by atoms with Crippen LogP contribution < -0.4 is 10.9 Å². The Bertz CT molecular complexity index is 1180.